The Kier molecular flexibility index (Phi) is 8.55. The van der Waals surface area contributed by atoms with Crippen LogP contribution in [-0.2, 0) is 24.0 Å². The predicted molar refractivity (Wildman–Crippen MR) is 157 cm³/mol. The average Bonchev–Trinajstić information content (AvgIpc) is 3.29. The third-order valence-corrected chi connectivity index (χ3v) is 10.5. The van der Waals surface area contributed by atoms with Crippen molar-refractivity contribution in [1.82, 2.24) is 9.97 Å². The summed E-state index contributed by atoms with van der Waals surface area (Å²) in [6.07, 6.45) is 1.60. The molecule has 0 saturated carbocycles. The molecular weight excluding hydrogens is 612 g/mol. The summed E-state index contributed by atoms with van der Waals surface area (Å²) < 4.78 is 6.99. The monoisotopic (exact) mass is 636 g/mol. The topological polar surface area (TPSA) is 95.2 Å². The molecular formula is C30H25AsCl2N3O4. The fourth-order valence-electron chi connectivity index (χ4n) is 4.83. The third kappa shape index (κ3) is 5.78. The fraction of sp³-hybridized carbons (Fsp3) is 0.233. The molecule has 10 heteroatoms. The Labute approximate surface area is 248 Å². The second-order valence-electron chi connectivity index (χ2n) is 9.35. The molecule has 2 atom stereocenters. The Bertz CT molecular complexity index is 1600. The Morgan fingerprint density at radius 2 is 1.75 bits per heavy atom. The number of rotatable bonds is 8. The van der Waals surface area contributed by atoms with Crippen molar-refractivity contribution in [3.05, 3.63) is 115 Å². The molecule has 0 saturated heterocycles. The van der Waals surface area contributed by atoms with Crippen molar-refractivity contribution in [1.29, 1.82) is 0 Å². The Morgan fingerprint density at radius 3 is 2.42 bits per heavy atom. The molecule has 0 unspecified atom stereocenters. The first-order valence-corrected chi connectivity index (χ1v) is 15.7. The minimum atomic E-state index is -0.570. The molecule has 4 aromatic rings. The Balaban J connectivity index is 1.47. The van der Waals surface area contributed by atoms with E-state index in [2.05, 4.69) is 19.1 Å². The standard InChI is InChI=1S/C30H25AsCl2N3O4/c1-3-24-28(22-14-11-19(32)16-23(22)33)34-25(4-2)29(35-24)31-27-21-8-6-5-7-18(21)15-26(27)40-30(37)17-9-12-20(13-10-17)36(38)39/h5-14,16,26-27H,3-4,15H2,1-2H3/t26-,27+/m0/s1. The van der Waals surface area contributed by atoms with Crippen LogP contribution in [0, 0.1) is 10.1 Å². The van der Waals surface area contributed by atoms with Gasteiger partial charge in [0.05, 0.1) is 0 Å². The van der Waals surface area contributed by atoms with Crippen molar-refractivity contribution < 1.29 is 14.5 Å². The number of halogens is 2. The molecule has 0 aliphatic heterocycles. The quantitative estimate of drug-likeness (QED) is 0.0970. The van der Waals surface area contributed by atoms with E-state index in [9.17, 15) is 14.9 Å². The number of carbonyl (C=O) groups excluding carboxylic acids is 1. The summed E-state index contributed by atoms with van der Waals surface area (Å²) in [6.45, 7) is 4.10. The van der Waals surface area contributed by atoms with Crippen molar-refractivity contribution >= 4 is 55.1 Å². The normalized spacial score (nSPS) is 16.3. The zero-order valence-corrected chi connectivity index (χ0v) is 25.2. The van der Waals surface area contributed by atoms with Crippen LogP contribution in [0.25, 0.3) is 11.3 Å². The number of nitrogens with zero attached hydrogens (tertiary/aromatic N) is 3. The molecule has 5 rings (SSSR count). The average molecular weight is 637 g/mol. The van der Waals surface area contributed by atoms with Gasteiger partial charge in [-0.15, -0.1) is 0 Å². The van der Waals surface area contributed by atoms with E-state index in [1.165, 1.54) is 24.3 Å². The van der Waals surface area contributed by atoms with Crippen LogP contribution in [0.15, 0.2) is 66.7 Å². The van der Waals surface area contributed by atoms with Gasteiger partial charge in [0.15, 0.2) is 0 Å². The number of aryl methyl sites for hydroxylation is 2. The number of fused-ring (bicyclic) bond motifs is 1. The van der Waals surface area contributed by atoms with Crippen molar-refractivity contribution in [3.63, 3.8) is 0 Å². The minimum absolute atomic E-state index is 0.0243. The van der Waals surface area contributed by atoms with E-state index < -0.39 is 26.6 Å². The van der Waals surface area contributed by atoms with E-state index >= 15 is 0 Å². The van der Waals surface area contributed by atoms with Crippen molar-refractivity contribution in [2.24, 2.45) is 0 Å². The number of hydrogen-bond donors (Lipinski definition) is 0. The third-order valence-electron chi connectivity index (χ3n) is 6.86. The summed E-state index contributed by atoms with van der Waals surface area (Å²) in [5.41, 5.74) is 5.84. The second kappa shape index (κ2) is 12.1. The van der Waals surface area contributed by atoms with Gasteiger partial charge in [-0.1, -0.05) is 0 Å². The molecule has 0 bridgehead atoms. The van der Waals surface area contributed by atoms with Crippen molar-refractivity contribution in [3.8, 4) is 11.3 Å². The molecule has 0 amide bonds. The summed E-state index contributed by atoms with van der Waals surface area (Å²) in [5.74, 6) is -0.498. The van der Waals surface area contributed by atoms with Gasteiger partial charge in [-0.2, -0.15) is 0 Å². The summed E-state index contributed by atoms with van der Waals surface area (Å²) in [7, 11) is 0. The summed E-state index contributed by atoms with van der Waals surface area (Å²) in [6, 6.07) is 19.0. The number of nitro benzene ring substituents is 1. The number of non-ortho nitro benzene ring substituents is 1. The number of hydrogen-bond acceptors (Lipinski definition) is 6. The van der Waals surface area contributed by atoms with E-state index in [-0.39, 0.29) is 22.1 Å². The molecule has 7 nitrogen and oxygen atoms in total. The van der Waals surface area contributed by atoms with Crippen LogP contribution >= 0.6 is 23.2 Å². The number of aromatic nitrogens is 2. The molecule has 1 radical (unpaired) electrons. The van der Waals surface area contributed by atoms with Crippen LogP contribution in [0.1, 0.15) is 51.4 Å². The van der Waals surface area contributed by atoms with Gasteiger partial charge in [-0.3, -0.25) is 0 Å². The zero-order valence-electron chi connectivity index (χ0n) is 21.8. The first kappa shape index (κ1) is 28.3. The van der Waals surface area contributed by atoms with Crippen molar-refractivity contribution in [2.75, 3.05) is 0 Å². The summed E-state index contributed by atoms with van der Waals surface area (Å²) in [4.78, 5) is 33.8. The number of nitro groups is 1. The molecule has 0 N–H and O–H groups in total. The van der Waals surface area contributed by atoms with Crippen LogP contribution in [0.5, 0.6) is 0 Å². The van der Waals surface area contributed by atoms with Crippen LogP contribution < -0.4 is 4.48 Å². The van der Waals surface area contributed by atoms with Gasteiger partial charge in [-0.25, -0.2) is 0 Å². The van der Waals surface area contributed by atoms with Gasteiger partial charge >= 0.3 is 250 Å². The van der Waals surface area contributed by atoms with E-state index in [4.69, 9.17) is 37.9 Å². The summed E-state index contributed by atoms with van der Waals surface area (Å²) >= 11 is 12.1. The first-order chi connectivity index (χ1) is 19.3. The maximum atomic E-state index is 13.1. The molecule has 1 aliphatic carbocycles. The van der Waals surface area contributed by atoms with Gasteiger partial charge in [0.25, 0.3) is 0 Å². The number of benzene rings is 3. The molecule has 1 heterocycles. The van der Waals surface area contributed by atoms with Crippen molar-refractivity contribution in [2.45, 2.75) is 43.9 Å². The molecule has 1 aromatic heterocycles. The number of esters is 1. The Morgan fingerprint density at radius 1 is 1.02 bits per heavy atom. The molecule has 3 aromatic carbocycles. The van der Waals surface area contributed by atoms with Gasteiger partial charge in [-0.05, 0) is 0 Å². The molecule has 1 aliphatic rings. The van der Waals surface area contributed by atoms with Gasteiger partial charge in [0.1, 0.15) is 0 Å². The van der Waals surface area contributed by atoms with E-state index in [1.807, 2.05) is 25.1 Å². The molecule has 0 spiro atoms. The maximum absolute atomic E-state index is 13.1. The SMILES string of the molecule is CCc1nc(-c2ccc(Cl)cc2Cl)c(CC)nc1[As][C@@H]1c2ccccc2C[C@@H]1OC(=O)c1ccc([N+](=O)[O-])cc1. The zero-order chi connectivity index (χ0) is 28.4. The Hall–Kier alpha value is -3.25. The van der Waals surface area contributed by atoms with E-state index in [0.29, 0.717) is 29.3 Å². The van der Waals surface area contributed by atoms with E-state index in [0.717, 1.165) is 38.3 Å². The van der Waals surface area contributed by atoms with Gasteiger partial charge in [0, 0.05) is 0 Å². The molecule has 203 valence electrons. The van der Waals surface area contributed by atoms with Crippen LogP contribution in [-0.4, -0.2) is 42.7 Å². The van der Waals surface area contributed by atoms with Gasteiger partial charge < -0.3 is 0 Å². The number of ether oxygens (including phenoxy) is 1. The second-order valence-corrected chi connectivity index (χ2v) is 12.8. The van der Waals surface area contributed by atoms with Crippen LogP contribution in [0.2, 0.25) is 10.0 Å². The number of carbonyl (C=O) groups is 1. The predicted octanol–water partition coefficient (Wildman–Crippen LogP) is 6.34. The summed E-state index contributed by atoms with van der Waals surface area (Å²) in [5, 5.41) is 12.1. The van der Waals surface area contributed by atoms with Crippen LogP contribution in [0.4, 0.5) is 5.69 Å². The molecule has 0 fully saturated rings. The first-order valence-electron chi connectivity index (χ1n) is 12.9. The fourth-order valence-corrected chi connectivity index (χ4v) is 8.52. The molecule has 40 heavy (non-hydrogen) atoms. The van der Waals surface area contributed by atoms with Gasteiger partial charge in [0.2, 0.25) is 0 Å². The van der Waals surface area contributed by atoms with E-state index in [1.54, 1.807) is 12.1 Å². The van der Waals surface area contributed by atoms with Crippen LogP contribution in [0.3, 0.4) is 0 Å².